The van der Waals surface area contributed by atoms with Crippen LogP contribution in [0.25, 0.3) is 0 Å². The SMILES string of the molecule is COC(C)(C)c1nsc(Cl)n1. The fourth-order valence-electron chi connectivity index (χ4n) is 0.541. The molecule has 0 aliphatic rings. The molecular formula is C6H9ClN2OS. The van der Waals surface area contributed by atoms with Gasteiger partial charge >= 0.3 is 0 Å². The third kappa shape index (κ3) is 1.89. The summed E-state index contributed by atoms with van der Waals surface area (Å²) < 4.78 is 9.64. The quantitative estimate of drug-likeness (QED) is 0.720. The number of hydrogen-bond donors (Lipinski definition) is 0. The Morgan fingerprint density at radius 3 is 2.55 bits per heavy atom. The molecule has 0 spiro atoms. The Labute approximate surface area is 74.5 Å². The summed E-state index contributed by atoms with van der Waals surface area (Å²) in [4.78, 5) is 4.00. The smallest absolute Gasteiger partial charge is 0.203 e. The van der Waals surface area contributed by atoms with Gasteiger partial charge in [0.15, 0.2) is 5.82 Å². The lowest BCUT2D eigenvalue weighted by Gasteiger charge is -2.17. The van der Waals surface area contributed by atoms with E-state index in [0.29, 0.717) is 10.3 Å². The molecular weight excluding hydrogens is 184 g/mol. The molecule has 3 nitrogen and oxygen atoms in total. The molecule has 0 unspecified atom stereocenters. The van der Waals surface area contributed by atoms with Crippen LogP contribution in [0.3, 0.4) is 0 Å². The molecule has 1 aromatic rings. The topological polar surface area (TPSA) is 35.0 Å². The van der Waals surface area contributed by atoms with Gasteiger partial charge in [-0.2, -0.15) is 4.37 Å². The molecule has 1 heterocycles. The maximum Gasteiger partial charge on any atom is 0.203 e. The summed E-state index contributed by atoms with van der Waals surface area (Å²) >= 11 is 6.78. The maximum atomic E-state index is 5.61. The minimum absolute atomic E-state index is 0.441. The number of rotatable bonds is 2. The summed E-state index contributed by atoms with van der Waals surface area (Å²) in [5.74, 6) is 0.634. The van der Waals surface area contributed by atoms with Crippen LogP contribution in [-0.2, 0) is 10.3 Å². The zero-order chi connectivity index (χ0) is 8.48. The number of halogens is 1. The highest BCUT2D eigenvalue weighted by Crippen LogP contribution is 2.23. The third-order valence-electron chi connectivity index (χ3n) is 1.45. The van der Waals surface area contributed by atoms with E-state index in [4.69, 9.17) is 16.3 Å². The van der Waals surface area contributed by atoms with E-state index in [2.05, 4.69) is 9.36 Å². The summed E-state index contributed by atoms with van der Waals surface area (Å²) in [6, 6.07) is 0. The normalized spacial score (nSPS) is 12.0. The molecule has 0 atom stereocenters. The summed E-state index contributed by atoms with van der Waals surface area (Å²) in [6.45, 7) is 3.79. The lowest BCUT2D eigenvalue weighted by molar-refractivity contribution is 0.0125. The fourth-order valence-corrected chi connectivity index (χ4v) is 1.27. The summed E-state index contributed by atoms with van der Waals surface area (Å²) in [6.07, 6.45) is 0. The molecule has 0 N–H and O–H groups in total. The van der Waals surface area contributed by atoms with Crippen LogP contribution >= 0.6 is 23.1 Å². The van der Waals surface area contributed by atoms with Crippen molar-refractivity contribution in [1.82, 2.24) is 9.36 Å². The number of methoxy groups -OCH3 is 1. The van der Waals surface area contributed by atoms with Crippen molar-refractivity contribution in [1.29, 1.82) is 0 Å². The zero-order valence-electron chi connectivity index (χ0n) is 6.59. The number of hydrogen-bond acceptors (Lipinski definition) is 4. The van der Waals surface area contributed by atoms with Gasteiger partial charge < -0.3 is 4.74 Å². The highest BCUT2D eigenvalue weighted by atomic mass is 35.5. The predicted molar refractivity (Wildman–Crippen MR) is 45.0 cm³/mol. The van der Waals surface area contributed by atoms with Crippen molar-refractivity contribution < 1.29 is 4.74 Å². The first-order valence-corrected chi connectivity index (χ1v) is 4.26. The largest absolute Gasteiger partial charge is 0.371 e. The van der Waals surface area contributed by atoms with Crippen LogP contribution < -0.4 is 0 Å². The van der Waals surface area contributed by atoms with Crippen molar-refractivity contribution in [2.75, 3.05) is 7.11 Å². The maximum absolute atomic E-state index is 5.61. The van der Waals surface area contributed by atoms with Crippen LogP contribution in [0.1, 0.15) is 19.7 Å². The van der Waals surface area contributed by atoms with Gasteiger partial charge in [-0.1, -0.05) is 0 Å². The van der Waals surface area contributed by atoms with Crippen LogP contribution in [-0.4, -0.2) is 16.5 Å². The predicted octanol–water partition coefficient (Wildman–Crippen LogP) is 2.07. The Balaban J connectivity index is 2.92. The van der Waals surface area contributed by atoms with Gasteiger partial charge in [-0.15, -0.1) is 0 Å². The molecule has 0 radical (unpaired) electrons. The highest BCUT2D eigenvalue weighted by molar-refractivity contribution is 7.10. The van der Waals surface area contributed by atoms with E-state index < -0.39 is 5.60 Å². The van der Waals surface area contributed by atoms with Crippen molar-refractivity contribution in [3.63, 3.8) is 0 Å². The van der Waals surface area contributed by atoms with Gasteiger partial charge in [0.05, 0.1) is 0 Å². The zero-order valence-corrected chi connectivity index (χ0v) is 8.16. The molecule has 0 fully saturated rings. The van der Waals surface area contributed by atoms with Crippen molar-refractivity contribution in [3.8, 4) is 0 Å². The van der Waals surface area contributed by atoms with E-state index >= 15 is 0 Å². The Hall–Kier alpha value is -0.190. The first kappa shape index (κ1) is 8.90. The molecule has 0 saturated carbocycles. The average Bonchev–Trinajstić information content (AvgIpc) is 2.36. The van der Waals surface area contributed by atoms with E-state index in [1.807, 2.05) is 13.8 Å². The molecule has 0 bridgehead atoms. The Morgan fingerprint density at radius 1 is 1.55 bits per heavy atom. The van der Waals surface area contributed by atoms with Crippen molar-refractivity contribution in [3.05, 3.63) is 10.3 Å². The van der Waals surface area contributed by atoms with E-state index in [1.54, 1.807) is 7.11 Å². The van der Waals surface area contributed by atoms with E-state index in [9.17, 15) is 0 Å². The Morgan fingerprint density at radius 2 is 2.18 bits per heavy atom. The number of nitrogens with zero attached hydrogens (tertiary/aromatic N) is 2. The average molecular weight is 193 g/mol. The van der Waals surface area contributed by atoms with Crippen LogP contribution in [0.4, 0.5) is 0 Å². The van der Waals surface area contributed by atoms with Gasteiger partial charge in [0.1, 0.15) is 5.60 Å². The van der Waals surface area contributed by atoms with E-state index in [1.165, 1.54) is 11.5 Å². The van der Waals surface area contributed by atoms with Gasteiger partial charge in [-0.05, 0) is 37.0 Å². The van der Waals surface area contributed by atoms with Crippen LogP contribution in [0.2, 0.25) is 4.47 Å². The molecule has 62 valence electrons. The minimum atomic E-state index is -0.441. The van der Waals surface area contributed by atoms with Crippen molar-refractivity contribution >= 4 is 23.1 Å². The molecule has 0 amide bonds. The molecule has 0 aliphatic carbocycles. The van der Waals surface area contributed by atoms with Gasteiger partial charge in [-0.3, -0.25) is 0 Å². The molecule has 11 heavy (non-hydrogen) atoms. The summed E-state index contributed by atoms with van der Waals surface area (Å²) in [5, 5.41) is 0. The summed E-state index contributed by atoms with van der Waals surface area (Å²) in [5.41, 5.74) is -0.441. The second-order valence-corrected chi connectivity index (χ2v) is 3.92. The van der Waals surface area contributed by atoms with Crippen molar-refractivity contribution in [2.45, 2.75) is 19.4 Å². The van der Waals surface area contributed by atoms with Crippen LogP contribution in [0.5, 0.6) is 0 Å². The van der Waals surface area contributed by atoms with Gasteiger partial charge in [0.25, 0.3) is 0 Å². The highest BCUT2D eigenvalue weighted by Gasteiger charge is 2.24. The van der Waals surface area contributed by atoms with E-state index in [-0.39, 0.29) is 0 Å². The number of ether oxygens (including phenoxy) is 1. The van der Waals surface area contributed by atoms with Crippen LogP contribution in [0.15, 0.2) is 0 Å². The van der Waals surface area contributed by atoms with E-state index in [0.717, 1.165) is 0 Å². The first-order valence-electron chi connectivity index (χ1n) is 3.11. The molecule has 5 heteroatoms. The fraction of sp³-hybridized carbons (Fsp3) is 0.667. The molecule has 1 rings (SSSR count). The molecule has 1 aromatic heterocycles. The standard InChI is InChI=1S/C6H9ClN2OS/c1-6(2,10-3)4-8-5(7)11-9-4/h1-3H3. The lowest BCUT2D eigenvalue weighted by Crippen LogP contribution is -2.20. The third-order valence-corrected chi connectivity index (χ3v) is 2.25. The van der Waals surface area contributed by atoms with Gasteiger partial charge in [0, 0.05) is 7.11 Å². The van der Waals surface area contributed by atoms with Crippen LogP contribution in [0, 0.1) is 0 Å². The Kier molecular flexibility index (Phi) is 2.47. The monoisotopic (exact) mass is 192 g/mol. The van der Waals surface area contributed by atoms with Crippen molar-refractivity contribution in [2.24, 2.45) is 0 Å². The lowest BCUT2D eigenvalue weighted by atomic mass is 10.1. The summed E-state index contributed by atoms with van der Waals surface area (Å²) in [7, 11) is 1.62. The second-order valence-electron chi connectivity index (χ2n) is 2.59. The molecule has 0 saturated heterocycles. The second kappa shape index (κ2) is 3.05. The van der Waals surface area contributed by atoms with Gasteiger partial charge in [0.2, 0.25) is 4.47 Å². The molecule has 0 aliphatic heterocycles. The van der Waals surface area contributed by atoms with Gasteiger partial charge in [-0.25, -0.2) is 4.98 Å². The first-order chi connectivity index (χ1) is 5.06. The number of aromatic nitrogens is 2. The minimum Gasteiger partial charge on any atom is -0.371 e. The Bertz CT molecular complexity index is 248. The molecule has 0 aromatic carbocycles.